The van der Waals surface area contributed by atoms with Gasteiger partial charge in [-0.15, -0.1) is 0 Å². The molecule has 17 heteroatoms. The van der Waals surface area contributed by atoms with Crippen molar-refractivity contribution in [1.82, 2.24) is 21.3 Å². The Hall–Kier alpha value is -4.64. The first kappa shape index (κ1) is 37.4. The average Bonchev–Trinajstić information content (AvgIpc) is 2.95. The van der Waals surface area contributed by atoms with Gasteiger partial charge in [0, 0.05) is 18.6 Å². The van der Waals surface area contributed by atoms with E-state index in [0.29, 0.717) is 38.0 Å². The molecule has 0 aromatic heterocycles. The van der Waals surface area contributed by atoms with Gasteiger partial charge in [-0.05, 0) is 52.3 Å². The highest BCUT2D eigenvalue weighted by Crippen LogP contribution is 2.22. The van der Waals surface area contributed by atoms with Crippen LogP contribution in [0.4, 0.5) is 5.69 Å². The molecule has 17 nitrogen and oxygen atoms in total. The zero-order valence-electron chi connectivity index (χ0n) is 23.4. The quantitative estimate of drug-likeness (QED) is 0.0444. The van der Waals surface area contributed by atoms with Crippen LogP contribution in [-0.4, -0.2) is 96.5 Å². The van der Waals surface area contributed by atoms with Crippen LogP contribution in [0.2, 0.25) is 0 Å². The lowest BCUT2D eigenvalue weighted by Gasteiger charge is -2.22. The van der Waals surface area contributed by atoms with Gasteiger partial charge < -0.3 is 42.0 Å². The number of likely N-dealkylation sites (N-methyl/N-ethyl adjacent to an activating group) is 1. The van der Waals surface area contributed by atoms with Gasteiger partial charge in [-0.3, -0.25) is 38.9 Å². The lowest BCUT2D eigenvalue weighted by Crippen LogP contribution is -2.53. The van der Waals surface area contributed by atoms with Crippen molar-refractivity contribution in [3.05, 3.63) is 33.9 Å². The number of benzene rings is 1. The number of ether oxygens (including phenoxy) is 1. The molecule has 1 aromatic carbocycles. The van der Waals surface area contributed by atoms with Crippen LogP contribution in [0.1, 0.15) is 49.4 Å². The van der Waals surface area contributed by atoms with E-state index in [1.165, 1.54) is 25.2 Å². The number of hydrogen-bond acceptors (Lipinski definition) is 11. The van der Waals surface area contributed by atoms with Gasteiger partial charge >= 0.3 is 11.9 Å². The number of hydrogen-bond donors (Lipinski definition) is 7. The van der Waals surface area contributed by atoms with Crippen LogP contribution in [0.15, 0.2) is 18.2 Å². The first-order valence-corrected chi connectivity index (χ1v) is 12.9. The zero-order chi connectivity index (χ0) is 32.1. The molecule has 0 bridgehead atoms. The number of aldehydes is 1. The summed E-state index contributed by atoms with van der Waals surface area (Å²) >= 11 is 0. The molecule has 1 aromatic rings. The molecule has 2 atom stereocenters. The van der Waals surface area contributed by atoms with Crippen molar-refractivity contribution in [3.63, 3.8) is 0 Å². The number of nitrogens with zero attached hydrogens (tertiary/aromatic N) is 1. The van der Waals surface area contributed by atoms with E-state index >= 15 is 0 Å². The summed E-state index contributed by atoms with van der Waals surface area (Å²) in [5.74, 6) is -3.72. The molecular formula is C25H38N6O11. The Morgan fingerprint density at radius 3 is 2.24 bits per heavy atom. The van der Waals surface area contributed by atoms with E-state index in [2.05, 4.69) is 21.3 Å². The Bertz CT molecular complexity index is 1080. The van der Waals surface area contributed by atoms with E-state index in [1.54, 1.807) is 6.92 Å². The minimum atomic E-state index is -1.22. The first-order chi connectivity index (χ1) is 19.9. The number of carbonyl (C=O) groups excluding carboxylic acids is 4. The second kappa shape index (κ2) is 21.2. The summed E-state index contributed by atoms with van der Waals surface area (Å²) < 4.78 is 5.11. The third kappa shape index (κ3) is 15.8. The molecular weight excluding hydrogens is 560 g/mol. The van der Waals surface area contributed by atoms with Gasteiger partial charge in [0.1, 0.15) is 18.3 Å². The third-order valence-corrected chi connectivity index (χ3v) is 5.38. The number of carboxylic acids is 2. The zero-order valence-corrected chi connectivity index (χ0v) is 23.4. The van der Waals surface area contributed by atoms with Crippen LogP contribution in [0.5, 0.6) is 5.75 Å². The minimum Gasteiger partial charge on any atom is -0.493 e. The summed E-state index contributed by atoms with van der Waals surface area (Å²) in [6.45, 7) is 1.59. The molecule has 1 rings (SSSR count). The molecule has 0 saturated heterocycles. The Labute approximate surface area is 241 Å². The van der Waals surface area contributed by atoms with Crippen molar-refractivity contribution in [2.45, 2.75) is 51.1 Å². The fraction of sp³-hybridized carbons (Fsp3) is 0.520. The number of carbonyl (C=O) groups is 6. The number of rotatable bonds is 19. The van der Waals surface area contributed by atoms with Gasteiger partial charge in [0.05, 0.1) is 29.7 Å². The molecule has 0 aliphatic heterocycles. The van der Waals surface area contributed by atoms with Gasteiger partial charge in [0.2, 0.25) is 17.7 Å². The maximum Gasteiger partial charge on any atom is 0.322 e. The molecule has 3 amide bonds. The number of unbranched alkanes of at least 4 members (excludes halogenated alkanes) is 1. The fourth-order valence-electron chi connectivity index (χ4n) is 3.26. The lowest BCUT2D eigenvalue weighted by atomic mass is 10.1. The van der Waals surface area contributed by atoms with Crippen LogP contribution >= 0.6 is 0 Å². The van der Waals surface area contributed by atoms with Crippen LogP contribution < -0.4 is 31.7 Å². The predicted octanol–water partition coefficient (Wildman–Crippen LogP) is -0.824. The number of nitrogens with two attached hydrogens (primary N) is 1. The highest BCUT2D eigenvalue weighted by Gasteiger charge is 2.25. The number of non-ortho nitro benzene ring substituents is 1. The van der Waals surface area contributed by atoms with Crippen molar-refractivity contribution in [2.24, 2.45) is 5.73 Å². The van der Waals surface area contributed by atoms with Crippen LogP contribution in [0.3, 0.4) is 0 Å². The Balaban J connectivity index is 0.000000996. The third-order valence-electron chi connectivity index (χ3n) is 5.38. The van der Waals surface area contributed by atoms with Crippen molar-refractivity contribution < 1.29 is 48.6 Å². The highest BCUT2D eigenvalue weighted by molar-refractivity contribution is 5.92. The van der Waals surface area contributed by atoms with E-state index in [4.69, 9.17) is 20.7 Å². The van der Waals surface area contributed by atoms with Crippen LogP contribution in [0, 0.1) is 10.1 Å². The summed E-state index contributed by atoms with van der Waals surface area (Å²) in [5, 5.41) is 37.3. The molecule has 0 aliphatic rings. The number of aliphatic carboxylic acids is 2. The maximum absolute atomic E-state index is 12.3. The van der Waals surface area contributed by atoms with Crippen molar-refractivity contribution in [2.75, 3.05) is 33.3 Å². The second-order valence-electron chi connectivity index (χ2n) is 8.54. The van der Waals surface area contributed by atoms with Crippen molar-refractivity contribution >= 4 is 41.6 Å². The largest absolute Gasteiger partial charge is 0.493 e. The van der Waals surface area contributed by atoms with Crippen molar-refractivity contribution in [3.8, 4) is 5.75 Å². The van der Waals surface area contributed by atoms with E-state index in [0.717, 1.165) is 0 Å². The lowest BCUT2D eigenvalue weighted by molar-refractivity contribution is -0.384. The molecule has 0 fully saturated rings. The molecule has 0 aliphatic carbocycles. The molecule has 234 valence electrons. The Kier molecular flexibility index (Phi) is 18.8. The molecule has 42 heavy (non-hydrogen) atoms. The van der Waals surface area contributed by atoms with Gasteiger partial charge in [0.15, 0.2) is 6.29 Å². The molecule has 0 heterocycles. The average molecular weight is 599 g/mol. The fourth-order valence-corrected chi connectivity index (χ4v) is 3.26. The summed E-state index contributed by atoms with van der Waals surface area (Å²) in [5.41, 5.74) is 5.51. The maximum atomic E-state index is 12.3. The van der Waals surface area contributed by atoms with Gasteiger partial charge in [-0.1, -0.05) is 0 Å². The van der Waals surface area contributed by atoms with Gasteiger partial charge in [-0.2, -0.15) is 0 Å². The standard InChI is InChI=1S/C16H29N5O7.C9H9NO4/c1-18-10(5-6-13(23)24)16(28)21-11(4-2-3-7-17)15(27)20-8-12(22)19-9-14(25)26;1-2-14-9-4-3-8(10(12)13)5-7(9)6-11/h10-11,18H,2-9,17H2,1H3,(H,19,22)(H,20,27)(H,21,28)(H,23,24)(H,25,26);3-6H,2H2,1H3. The van der Waals surface area contributed by atoms with Crippen molar-refractivity contribution in [1.29, 1.82) is 0 Å². The number of nitrogens with one attached hydrogen (secondary N) is 4. The normalized spacial score (nSPS) is 11.5. The van der Waals surface area contributed by atoms with Crippen LogP contribution in [-0.2, 0) is 24.0 Å². The summed E-state index contributed by atoms with van der Waals surface area (Å²) in [6, 6.07) is 2.19. The van der Waals surface area contributed by atoms with E-state index in [1.807, 2.05) is 0 Å². The number of amides is 3. The number of nitro benzene ring substituents is 1. The number of carboxylic acid groups (broad SMARTS) is 2. The first-order valence-electron chi connectivity index (χ1n) is 12.9. The van der Waals surface area contributed by atoms with E-state index in [-0.39, 0.29) is 30.5 Å². The van der Waals surface area contributed by atoms with E-state index in [9.17, 15) is 38.9 Å². The number of nitro groups is 1. The SMILES string of the molecule is CCOc1ccc([N+](=O)[O-])cc1C=O.CNC(CCC(=O)O)C(=O)NC(CCCCN)C(=O)NCC(=O)NCC(=O)O. The van der Waals surface area contributed by atoms with E-state index < -0.39 is 59.8 Å². The Morgan fingerprint density at radius 1 is 1.02 bits per heavy atom. The molecule has 0 saturated carbocycles. The smallest absolute Gasteiger partial charge is 0.322 e. The second-order valence-corrected chi connectivity index (χ2v) is 8.54. The molecule has 0 spiro atoms. The minimum absolute atomic E-state index is 0.0480. The molecule has 2 unspecified atom stereocenters. The van der Waals surface area contributed by atoms with Crippen LogP contribution in [0.25, 0.3) is 0 Å². The van der Waals surface area contributed by atoms with Gasteiger partial charge in [0.25, 0.3) is 5.69 Å². The monoisotopic (exact) mass is 598 g/mol. The highest BCUT2D eigenvalue weighted by atomic mass is 16.6. The topological polar surface area (TPSA) is 269 Å². The predicted molar refractivity (Wildman–Crippen MR) is 148 cm³/mol. The van der Waals surface area contributed by atoms with Gasteiger partial charge in [-0.25, -0.2) is 0 Å². The Morgan fingerprint density at radius 2 is 1.71 bits per heavy atom. The summed E-state index contributed by atoms with van der Waals surface area (Å²) in [6.07, 6.45) is 1.84. The summed E-state index contributed by atoms with van der Waals surface area (Å²) in [7, 11) is 1.50. The summed E-state index contributed by atoms with van der Waals surface area (Å²) in [4.78, 5) is 77.7. The molecule has 8 N–H and O–H groups in total. The molecule has 0 radical (unpaired) electrons.